The van der Waals surface area contributed by atoms with E-state index in [1.807, 2.05) is 6.07 Å². The zero-order valence-corrected chi connectivity index (χ0v) is 32.3. The van der Waals surface area contributed by atoms with Gasteiger partial charge >= 0.3 is 6.03 Å². The highest BCUT2D eigenvalue weighted by molar-refractivity contribution is 6.36. The molecule has 0 radical (unpaired) electrons. The third kappa shape index (κ3) is 10.6. The van der Waals surface area contributed by atoms with Gasteiger partial charge in [0.15, 0.2) is 11.6 Å². The Labute approximate surface area is 333 Å². The van der Waals surface area contributed by atoms with E-state index in [0.717, 1.165) is 60.2 Å². The highest BCUT2D eigenvalue weighted by Gasteiger charge is 2.28. The number of benzene rings is 3. The first-order chi connectivity index (χ1) is 27.1. The zero-order valence-electron chi connectivity index (χ0n) is 30.8. The van der Waals surface area contributed by atoms with Crippen LogP contribution < -0.4 is 26.6 Å². The summed E-state index contributed by atoms with van der Waals surface area (Å²) in [4.78, 5) is 47.3. The number of pyridine rings is 1. The molecule has 4 amide bonds. The maximum absolute atomic E-state index is 14.3. The highest BCUT2D eigenvalue weighted by atomic mass is 35.5. The van der Waals surface area contributed by atoms with Crippen molar-refractivity contribution in [1.82, 2.24) is 40.9 Å². The van der Waals surface area contributed by atoms with E-state index in [2.05, 4.69) is 36.5 Å². The van der Waals surface area contributed by atoms with Crippen molar-refractivity contribution in [2.24, 2.45) is 0 Å². The number of aromatic nitrogens is 3. The summed E-state index contributed by atoms with van der Waals surface area (Å²) in [7, 11) is 1.75. The maximum Gasteiger partial charge on any atom is 0.319 e. The first kappa shape index (κ1) is 40.5. The van der Waals surface area contributed by atoms with Gasteiger partial charge in [0.25, 0.3) is 0 Å². The normalized spacial score (nSPS) is 14.0. The Bertz CT molecular complexity index is 2150. The van der Waals surface area contributed by atoms with Crippen molar-refractivity contribution in [2.75, 3.05) is 38.5 Å². The standard InChI is InChI=1S/C40H43Cl2F2N9O3/c1-45-15-16-47-38(54)34(20-25-11-13-46-14-12-25)49-39(55)35(21-26-7-10-32(43)33(44)19-26)50-40(56)48-27-8-9-28-36(24-52-17-2-3-18-52)51-53(37(28)22-27)23-29-30(41)5-4-6-31(29)42/h4-14,19,22,34-35,45H,2-3,15-18,20-21,23-24H2,1H3,(H,47,54)(H,49,55)(H2,48,50,56). The van der Waals surface area contributed by atoms with Crippen LogP contribution in [-0.2, 0) is 35.5 Å². The Kier molecular flexibility index (Phi) is 13.8. The summed E-state index contributed by atoms with van der Waals surface area (Å²) < 4.78 is 29.9. The van der Waals surface area contributed by atoms with Gasteiger partial charge in [-0.25, -0.2) is 13.6 Å². The molecule has 1 aliphatic heterocycles. The van der Waals surface area contributed by atoms with Crippen molar-refractivity contribution in [3.05, 3.63) is 123 Å². The van der Waals surface area contributed by atoms with Crippen molar-refractivity contribution in [1.29, 1.82) is 0 Å². The molecular weight excluding hydrogens is 763 g/mol. The number of urea groups is 1. The van der Waals surface area contributed by atoms with Crippen LogP contribution in [-0.4, -0.2) is 82.8 Å². The van der Waals surface area contributed by atoms with Crippen LogP contribution in [0.25, 0.3) is 10.9 Å². The van der Waals surface area contributed by atoms with Gasteiger partial charge in [-0.1, -0.05) is 35.3 Å². The molecule has 16 heteroatoms. The zero-order chi connectivity index (χ0) is 39.6. The molecule has 2 atom stereocenters. The molecule has 5 aromatic rings. The van der Waals surface area contributed by atoms with Crippen LogP contribution >= 0.6 is 23.2 Å². The van der Waals surface area contributed by atoms with Gasteiger partial charge in [-0.3, -0.25) is 24.2 Å². The van der Waals surface area contributed by atoms with Crippen LogP contribution in [0.1, 0.15) is 35.2 Å². The topological polar surface area (TPSA) is 145 Å². The summed E-state index contributed by atoms with van der Waals surface area (Å²) in [5.41, 5.74) is 3.70. The first-order valence-electron chi connectivity index (χ1n) is 18.4. The van der Waals surface area contributed by atoms with E-state index in [-0.39, 0.29) is 24.9 Å². The Morgan fingerprint density at radius 3 is 2.23 bits per heavy atom. The second-order valence-corrected chi connectivity index (χ2v) is 14.5. The van der Waals surface area contributed by atoms with Gasteiger partial charge in [-0.2, -0.15) is 5.10 Å². The number of likely N-dealkylation sites (N-methyl/N-ethyl adjacent to an activating group) is 1. The molecule has 12 nitrogen and oxygen atoms in total. The second-order valence-electron chi connectivity index (χ2n) is 13.6. The number of carbonyl (C=O) groups is 3. The summed E-state index contributed by atoms with van der Waals surface area (Å²) in [6, 6.07) is 14.4. The minimum Gasteiger partial charge on any atom is -0.353 e. The Morgan fingerprint density at radius 2 is 1.52 bits per heavy atom. The number of carbonyl (C=O) groups excluding carboxylic acids is 3. The fraction of sp³-hybridized carbons (Fsp3) is 0.325. The molecule has 3 aromatic carbocycles. The van der Waals surface area contributed by atoms with Gasteiger partial charge in [0.2, 0.25) is 11.8 Å². The molecule has 1 saturated heterocycles. The predicted molar refractivity (Wildman–Crippen MR) is 213 cm³/mol. The van der Waals surface area contributed by atoms with Crippen LogP contribution in [0.5, 0.6) is 0 Å². The number of hydrogen-bond acceptors (Lipinski definition) is 7. The number of nitrogens with zero attached hydrogens (tertiary/aromatic N) is 4. The summed E-state index contributed by atoms with van der Waals surface area (Å²) in [6.45, 7) is 3.71. The Balaban J connectivity index is 1.25. The summed E-state index contributed by atoms with van der Waals surface area (Å²) in [5.74, 6) is -3.29. The van der Waals surface area contributed by atoms with Crippen molar-refractivity contribution in [2.45, 2.75) is 50.9 Å². The third-order valence-electron chi connectivity index (χ3n) is 9.57. The molecule has 6 rings (SSSR count). The van der Waals surface area contributed by atoms with Gasteiger partial charge in [0, 0.05) is 71.6 Å². The number of fused-ring (bicyclic) bond motifs is 1. The molecule has 56 heavy (non-hydrogen) atoms. The van der Waals surface area contributed by atoms with Crippen LogP contribution in [0.2, 0.25) is 10.0 Å². The van der Waals surface area contributed by atoms with E-state index in [9.17, 15) is 23.2 Å². The van der Waals surface area contributed by atoms with Gasteiger partial charge < -0.3 is 26.6 Å². The smallest absolute Gasteiger partial charge is 0.319 e. The lowest BCUT2D eigenvalue weighted by Gasteiger charge is -2.24. The van der Waals surface area contributed by atoms with Crippen LogP contribution in [0.4, 0.5) is 19.3 Å². The van der Waals surface area contributed by atoms with E-state index in [4.69, 9.17) is 28.3 Å². The number of nitrogens with one attached hydrogen (secondary N) is 5. The van der Waals surface area contributed by atoms with E-state index < -0.39 is 41.6 Å². The third-order valence-corrected chi connectivity index (χ3v) is 10.3. The van der Waals surface area contributed by atoms with E-state index in [0.29, 0.717) is 40.9 Å². The molecule has 5 N–H and O–H groups in total. The number of rotatable bonds is 16. The first-order valence-corrected chi connectivity index (χ1v) is 19.1. The van der Waals surface area contributed by atoms with Crippen molar-refractivity contribution in [3.63, 3.8) is 0 Å². The number of likely N-dealkylation sites (tertiary alicyclic amines) is 1. The lowest BCUT2D eigenvalue weighted by molar-refractivity contribution is -0.129. The van der Waals surface area contributed by atoms with Crippen molar-refractivity contribution in [3.8, 4) is 0 Å². The second kappa shape index (κ2) is 19.1. The van der Waals surface area contributed by atoms with Crippen molar-refractivity contribution < 1.29 is 23.2 Å². The molecule has 2 aromatic heterocycles. The lowest BCUT2D eigenvalue weighted by atomic mass is 10.0. The van der Waals surface area contributed by atoms with Gasteiger partial charge in [0.05, 0.1) is 17.8 Å². The average molecular weight is 807 g/mol. The number of anilines is 1. The van der Waals surface area contributed by atoms with Crippen LogP contribution in [0.3, 0.4) is 0 Å². The van der Waals surface area contributed by atoms with Crippen molar-refractivity contribution >= 4 is 57.6 Å². The largest absolute Gasteiger partial charge is 0.353 e. The molecule has 0 saturated carbocycles. The predicted octanol–water partition coefficient (Wildman–Crippen LogP) is 5.46. The lowest BCUT2D eigenvalue weighted by Crippen LogP contribution is -2.56. The number of amides is 4. The van der Waals surface area contributed by atoms with Gasteiger partial charge in [-0.05, 0) is 98.7 Å². The Morgan fingerprint density at radius 1 is 0.804 bits per heavy atom. The summed E-state index contributed by atoms with van der Waals surface area (Å²) in [5, 5.41) is 20.9. The SMILES string of the molecule is CNCCNC(=O)C(Cc1ccncc1)NC(=O)C(Cc1ccc(F)c(F)c1)NC(=O)Nc1ccc2c(CN3CCCC3)nn(Cc3c(Cl)cccc3Cl)c2c1. The molecular formula is C40H43Cl2F2N9O3. The molecule has 0 aliphatic carbocycles. The number of hydrogen-bond donors (Lipinski definition) is 5. The summed E-state index contributed by atoms with van der Waals surface area (Å²) in [6.07, 6.45) is 5.34. The molecule has 1 fully saturated rings. The fourth-order valence-electron chi connectivity index (χ4n) is 6.65. The highest BCUT2D eigenvalue weighted by Crippen LogP contribution is 2.29. The van der Waals surface area contributed by atoms with E-state index >= 15 is 0 Å². The molecule has 2 unspecified atom stereocenters. The molecule has 0 spiro atoms. The summed E-state index contributed by atoms with van der Waals surface area (Å²) >= 11 is 13.1. The van der Waals surface area contributed by atoms with E-state index in [1.165, 1.54) is 6.07 Å². The van der Waals surface area contributed by atoms with Crippen LogP contribution in [0, 0.1) is 11.6 Å². The fourth-order valence-corrected chi connectivity index (χ4v) is 7.17. The van der Waals surface area contributed by atoms with Gasteiger partial charge in [0.1, 0.15) is 12.1 Å². The minimum atomic E-state index is -1.30. The molecule has 294 valence electrons. The van der Waals surface area contributed by atoms with E-state index in [1.54, 1.807) is 66.6 Å². The quantitative estimate of drug-likeness (QED) is 0.0834. The molecule has 3 heterocycles. The minimum absolute atomic E-state index is 0.136. The monoisotopic (exact) mass is 805 g/mol. The molecule has 0 bridgehead atoms. The van der Waals surface area contributed by atoms with Gasteiger partial charge in [-0.15, -0.1) is 0 Å². The number of halogens is 4. The maximum atomic E-state index is 14.3. The Hall–Kier alpha value is -5.15. The van der Waals surface area contributed by atoms with Crippen LogP contribution in [0.15, 0.2) is 79.1 Å². The average Bonchev–Trinajstić information content (AvgIpc) is 3.82. The molecule has 1 aliphatic rings.